The second-order valence-electron chi connectivity index (χ2n) is 6.67. The molecule has 24 heavy (non-hydrogen) atoms. The average molecular weight is 326 g/mol. The van der Waals surface area contributed by atoms with Crippen LogP contribution in [0.3, 0.4) is 0 Å². The van der Waals surface area contributed by atoms with Crippen molar-refractivity contribution >= 4 is 11.8 Å². The van der Waals surface area contributed by atoms with E-state index in [2.05, 4.69) is 30.4 Å². The van der Waals surface area contributed by atoms with Crippen molar-refractivity contribution < 1.29 is 4.74 Å². The molecule has 2 aliphatic rings. The molecule has 0 amide bonds. The van der Waals surface area contributed by atoms with Crippen LogP contribution in [0.5, 0.6) is 0 Å². The molecule has 7 heteroatoms. The summed E-state index contributed by atoms with van der Waals surface area (Å²) in [7, 11) is 0. The van der Waals surface area contributed by atoms with Crippen LogP contribution in [0.4, 0.5) is 11.8 Å². The molecule has 1 N–H and O–H groups in total. The Hall–Kier alpha value is -2.28. The van der Waals surface area contributed by atoms with Gasteiger partial charge in [0.15, 0.2) is 0 Å². The molecule has 2 saturated heterocycles. The van der Waals surface area contributed by atoms with E-state index in [9.17, 15) is 0 Å². The molecular formula is C17H22N6O. The lowest BCUT2D eigenvalue weighted by Gasteiger charge is -2.39. The van der Waals surface area contributed by atoms with Crippen molar-refractivity contribution in [3.8, 4) is 0 Å². The molecule has 2 atom stereocenters. The highest BCUT2D eigenvalue weighted by Gasteiger charge is 2.44. The topological polar surface area (TPSA) is 76.1 Å². The van der Waals surface area contributed by atoms with Gasteiger partial charge in [0.25, 0.3) is 0 Å². The van der Waals surface area contributed by atoms with Crippen LogP contribution in [0.15, 0.2) is 30.6 Å². The maximum Gasteiger partial charge on any atom is 0.225 e. The van der Waals surface area contributed by atoms with E-state index in [0.717, 1.165) is 49.8 Å². The number of rotatable bonds is 3. The zero-order chi connectivity index (χ0) is 16.4. The first-order valence-corrected chi connectivity index (χ1v) is 8.45. The lowest BCUT2D eigenvalue weighted by molar-refractivity contribution is -0.00668. The Labute approximate surface area is 141 Å². The normalized spacial score (nSPS) is 26.7. The number of piperidine rings is 1. The number of hydrogen-bond donors (Lipinski definition) is 1. The van der Waals surface area contributed by atoms with E-state index >= 15 is 0 Å². The molecule has 2 aliphatic heterocycles. The molecule has 2 fully saturated rings. The first-order valence-electron chi connectivity index (χ1n) is 8.45. The molecule has 1 spiro atoms. The standard InChI is InChI=1S/C17H22N6O/c1-13-4-5-15(22-21-13)20-14-10-17(24-11-14)6-2-9-23(12-17)16-18-7-3-8-19-16/h3-5,7-8,14H,2,6,9-12H2,1H3,(H,20,22)/t14-,17+/m0/s1. The molecule has 0 bridgehead atoms. The Bertz CT molecular complexity index is 679. The fourth-order valence-corrected chi connectivity index (χ4v) is 3.63. The zero-order valence-corrected chi connectivity index (χ0v) is 13.9. The molecule has 4 rings (SSSR count). The van der Waals surface area contributed by atoms with Crippen LogP contribution in [0.2, 0.25) is 0 Å². The Kier molecular flexibility index (Phi) is 4.02. The SMILES string of the molecule is Cc1ccc(N[C@@H]2CO[C@]3(CCCN(c4ncccn4)C3)C2)nn1. The number of aromatic nitrogens is 4. The smallest absolute Gasteiger partial charge is 0.225 e. The molecule has 0 aromatic carbocycles. The van der Waals surface area contributed by atoms with Crippen LogP contribution < -0.4 is 10.2 Å². The summed E-state index contributed by atoms with van der Waals surface area (Å²) in [4.78, 5) is 11.0. The maximum absolute atomic E-state index is 6.23. The second-order valence-corrected chi connectivity index (χ2v) is 6.67. The van der Waals surface area contributed by atoms with Gasteiger partial charge >= 0.3 is 0 Å². The van der Waals surface area contributed by atoms with Gasteiger partial charge < -0.3 is 15.0 Å². The number of nitrogens with zero attached hydrogens (tertiary/aromatic N) is 5. The highest BCUT2D eigenvalue weighted by atomic mass is 16.5. The van der Waals surface area contributed by atoms with E-state index in [-0.39, 0.29) is 11.6 Å². The minimum Gasteiger partial charge on any atom is -0.371 e. The lowest BCUT2D eigenvalue weighted by Crippen LogP contribution is -2.48. The summed E-state index contributed by atoms with van der Waals surface area (Å²) in [5, 5.41) is 11.7. The number of ether oxygens (including phenoxy) is 1. The van der Waals surface area contributed by atoms with Gasteiger partial charge in [0.05, 0.1) is 23.9 Å². The highest BCUT2D eigenvalue weighted by Crippen LogP contribution is 2.36. The van der Waals surface area contributed by atoms with E-state index < -0.39 is 0 Å². The minimum absolute atomic E-state index is 0.118. The van der Waals surface area contributed by atoms with Crippen LogP contribution in [-0.2, 0) is 4.74 Å². The van der Waals surface area contributed by atoms with Gasteiger partial charge in [-0.2, -0.15) is 5.10 Å². The fourth-order valence-electron chi connectivity index (χ4n) is 3.63. The number of hydrogen-bond acceptors (Lipinski definition) is 7. The van der Waals surface area contributed by atoms with Crippen LogP contribution in [0.1, 0.15) is 25.0 Å². The predicted molar refractivity (Wildman–Crippen MR) is 91.0 cm³/mol. The Morgan fingerprint density at radius 2 is 2.12 bits per heavy atom. The monoisotopic (exact) mass is 326 g/mol. The summed E-state index contributed by atoms with van der Waals surface area (Å²) < 4.78 is 6.23. The Balaban J connectivity index is 1.42. The molecule has 0 unspecified atom stereocenters. The molecule has 0 aliphatic carbocycles. The summed E-state index contributed by atoms with van der Waals surface area (Å²) >= 11 is 0. The van der Waals surface area contributed by atoms with E-state index in [1.807, 2.05) is 25.1 Å². The van der Waals surface area contributed by atoms with Crippen molar-refractivity contribution in [2.24, 2.45) is 0 Å². The van der Waals surface area contributed by atoms with Crippen molar-refractivity contribution in [3.63, 3.8) is 0 Å². The molecule has 126 valence electrons. The van der Waals surface area contributed by atoms with Gasteiger partial charge in [0.2, 0.25) is 5.95 Å². The fraction of sp³-hybridized carbons (Fsp3) is 0.529. The third kappa shape index (κ3) is 3.17. The molecule has 4 heterocycles. The van der Waals surface area contributed by atoms with Crippen molar-refractivity contribution in [1.29, 1.82) is 0 Å². The van der Waals surface area contributed by atoms with E-state index in [1.54, 1.807) is 12.4 Å². The van der Waals surface area contributed by atoms with Crippen LogP contribution in [0.25, 0.3) is 0 Å². The van der Waals surface area contributed by atoms with Gasteiger partial charge in [-0.15, -0.1) is 5.10 Å². The van der Waals surface area contributed by atoms with E-state index in [1.165, 1.54) is 0 Å². The Morgan fingerprint density at radius 3 is 2.92 bits per heavy atom. The first-order chi connectivity index (χ1) is 11.7. The van der Waals surface area contributed by atoms with Crippen molar-refractivity contribution in [3.05, 3.63) is 36.3 Å². The first kappa shape index (κ1) is 15.3. The highest BCUT2D eigenvalue weighted by molar-refractivity contribution is 5.36. The third-order valence-electron chi connectivity index (χ3n) is 4.73. The summed E-state index contributed by atoms with van der Waals surface area (Å²) in [5.74, 6) is 1.60. The largest absolute Gasteiger partial charge is 0.371 e. The van der Waals surface area contributed by atoms with Gasteiger partial charge in [-0.25, -0.2) is 9.97 Å². The van der Waals surface area contributed by atoms with E-state index in [4.69, 9.17) is 4.74 Å². The molecule has 0 saturated carbocycles. The summed E-state index contributed by atoms with van der Waals surface area (Å²) in [6.07, 6.45) is 6.72. The number of anilines is 2. The van der Waals surface area contributed by atoms with Crippen molar-refractivity contribution in [1.82, 2.24) is 20.2 Å². The molecule has 2 aromatic heterocycles. The van der Waals surface area contributed by atoms with Gasteiger partial charge in [-0.05, 0) is 38.0 Å². The molecule has 0 radical (unpaired) electrons. The van der Waals surface area contributed by atoms with Crippen LogP contribution >= 0.6 is 0 Å². The zero-order valence-electron chi connectivity index (χ0n) is 13.9. The van der Waals surface area contributed by atoms with Crippen LogP contribution in [-0.4, -0.2) is 51.5 Å². The molecule has 7 nitrogen and oxygen atoms in total. The van der Waals surface area contributed by atoms with E-state index in [0.29, 0.717) is 6.61 Å². The van der Waals surface area contributed by atoms with Gasteiger partial charge in [-0.1, -0.05) is 0 Å². The summed E-state index contributed by atoms with van der Waals surface area (Å²) in [5.41, 5.74) is 0.804. The number of nitrogens with one attached hydrogen (secondary N) is 1. The average Bonchev–Trinajstić information content (AvgIpc) is 2.99. The maximum atomic E-state index is 6.23. The summed E-state index contributed by atoms with van der Waals surface area (Å²) in [6, 6.07) is 6.05. The lowest BCUT2D eigenvalue weighted by atomic mass is 9.89. The third-order valence-corrected chi connectivity index (χ3v) is 4.73. The molecule has 2 aromatic rings. The summed E-state index contributed by atoms with van der Waals surface area (Å²) in [6.45, 7) is 4.46. The second kappa shape index (κ2) is 6.32. The predicted octanol–water partition coefficient (Wildman–Crippen LogP) is 1.82. The number of aryl methyl sites for hydroxylation is 1. The Morgan fingerprint density at radius 1 is 1.25 bits per heavy atom. The molecular weight excluding hydrogens is 304 g/mol. The van der Waals surface area contributed by atoms with Crippen molar-refractivity contribution in [2.75, 3.05) is 29.9 Å². The quantitative estimate of drug-likeness (QED) is 0.922. The minimum atomic E-state index is -0.118. The van der Waals surface area contributed by atoms with Gasteiger partial charge in [0.1, 0.15) is 5.82 Å². The van der Waals surface area contributed by atoms with Gasteiger partial charge in [0, 0.05) is 31.9 Å². The van der Waals surface area contributed by atoms with Gasteiger partial charge in [-0.3, -0.25) is 0 Å². The van der Waals surface area contributed by atoms with Crippen LogP contribution in [0, 0.1) is 6.92 Å². The van der Waals surface area contributed by atoms with Crippen molar-refractivity contribution in [2.45, 2.75) is 37.8 Å².